The van der Waals surface area contributed by atoms with Gasteiger partial charge >= 0.3 is 0 Å². The average Bonchev–Trinajstić information content (AvgIpc) is 2.93. The molecule has 1 aliphatic carbocycles. The van der Waals surface area contributed by atoms with E-state index in [4.69, 9.17) is 4.74 Å². The second-order valence-electron chi connectivity index (χ2n) is 5.98. The Balaban J connectivity index is 1.78. The van der Waals surface area contributed by atoms with Crippen LogP contribution in [0.25, 0.3) is 5.70 Å². The van der Waals surface area contributed by atoms with E-state index in [1.54, 1.807) is 37.7 Å². The zero-order chi connectivity index (χ0) is 18.6. The molecule has 2 aromatic rings. The third kappa shape index (κ3) is 4.43. The van der Waals surface area contributed by atoms with Crippen LogP contribution in [0, 0.1) is 6.92 Å². The number of aromatic nitrogens is 2. The van der Waals surface area contributed by atoms with Crippen LogP contribution in [0.15, 0.2) is 72.5 Å². The quantitative estimate of drug-likeness (QED) is 0.847. The highest BCUT2D eigenvalue weighted by Crippen LogP contribution is 2.22. The molecule has 1 aromatic heterocycles. The van der Waals surface area contributed by atoms with Crippen molar-refractivity contribution in [3.63, 3.8) is 0 Å². The summed E-state index contributed by atoms with van der Waals surface area (Å²) in [5.74, 6) is 0.660. The number of rotatable bonds is 6. The Kier molecular flexibility index (Phi) is 5.27. The van der Waals surface area contributed by atoms with Crippen molar-refractivity contribution in [2.75, 3.05) is 7.11 Å². The van der Waals surface area contributed by atoms with Crippen LogP contribution in [0.3, 0.4) is 0 Å². The zero-order valence-electron chi connectivity index (χ0n) is 14.7. The number of aryl methyl sites for hydroxylation is 1. The Bertz CT molecular complexity index is 970. The first-order valence-corrected chi connectivity index (χ1v) is 9.83. The molecule has 3 rings (SSSR count). The minimum absolute atomic E-state index is 0.0723. The second-order valence-corrected chi connectivity index (χ2v) is 7.70. The number of nitrogens with one attached hydrogen (secondary N) is 1. The number of methoxy groups -OCH3 is 1. The monoisotopic (exact) mass is 371 g/mol. The molecule has 0 saturated carbocycles. The van der Waals surface area contributed by atoms with Crippen molar-refractivity contribution in [1.82, 2.24) is 14.3 Å². The molecule has 0 fully saturated rings. The fourth-order valence-electron chi connectivity index (χ4n) is 2.69. The Hall–Kier alpha value is -2.80. The van der Waals surface area contributed by atoms with Crippen LogP contribution in [-0.4, -0.2) is 25.1 Å². The molecule has 6 nitrogen and oxygen atoms in total. The predicted octanol–water partition coefficient (Wildman–Crippen LogP) is 2.97. The maximum atomic E-state index is 12.4. The molecule has 136 valence electrons. The van der Waals surface area contributed by atoms with Crippen molar-refractivity contribution in [2.24, 2.45) is 0 Å². The molecule has 1 N–H and O–H groups in total. The fraction of sp³-hybridized carbons (Fsp3) is 0.211. The lowest BCUT2D eigenvalue weighted by Gasteiger charge is -2.09. The van der Waals surface area contributed by atoms with E-state index < -0.39 is 10.0 Å². The number of hydrogen-bond acceptors (Lipinski definition) is 4. The van der Waals surface area contributed by atoms with Gasteiger partial charge in [-0.15, -0.1) is 0 Å². The van der Waals surface area contributed by atoms with Crippen molar-refractivity contribution < 1.29 is 13.2 Å². The largest absolute Gasteiger partial charge is 0.499 e. The maximum absolute atomic E-state index is 12.4. The highest BCUT2D eigenvalue weighted by Gasteiger charge is 2.15. The van der Waals surface area contributed by atoms with E-state index in [2.05, 4.69) is 9.71 Å². The van der Waals surface area contributed by atoms with E-state index in [9.17, 15) is 8.42 Å². The van der Waals surface area contributed by atoms with Gasteiger partial charge in [-0.25, -0.2) is 13.4 Å². The molecule has 0 bridgehead atoms. The summed E-state index contributed by atoms with van der Waals surface area (Å²) in [6.45, 7) is 1.91. The molecule has 0 spiro atoms. The molecule has 0 aliphatic heterocycles. The van der Waals surface area contributed by atoms with Crippen molar-refractivity contribution in [3.8, 4) is 0 Å². The van der Waals surface area contributed by atoms with Gasteiger partial charge in [0.05, 0.1) is 30.6 Å². The number of hydrogen-bond donors (Lipinski definition) is 1. The number of ether oxygens (including phenoxy) is 1. The van der Waals surface area contributed by atoms with Gasteiger partial charge in [0.1, 0.15) is 5.76 Å². The van der Waals surface area contributed by atoms with Crippen molar-refractivity contribution in [1.29, 1.82) is 0 Å². The number of benzene rings is 1. The Labute approximate surface area is 153 Å². The smallest absolute Gasteiger partial charge is 0.236 e. The van der Waals surface area contributed by atoms with Gasteiger partial charge in [-0.3, -0.25) is 4.72 Å². The third-order valence-corrected chi connectivity index (χ3v) is 5.18. The lowest BCUT2D eigenvalue weighted by molar-refractivity contribution is 0.285. The van der Waals surface area contributed by atoms with E-state index in [0.717, 1.165) is 22.7 Å². The molecule has 26 heavy (non-hydrogen) atoms. The van der Waals surface area contributed by atoms with Gasteiger partial charge in [0, 0.05) is 18.3 Å². The molecule has 7 heteroatoms. The zero-order valence-corrected chi connectivity index (χ0v) is 15.5. The minimum atomic E-state index is -3.50. The summed E-state index contributed by atoms with van der Waals surface area (Å²) in [5, 5.41) is 0. The van der Waals surface area contributed by atoms with Gasteiger partial charge in [0.25, 0.3) is 0 Å². The topological polar surface area (TPSA) is 73.2 Å². The SMILES string of the molecule is COC1=C(n2cnc(C)c2)C=CC(NS(=O)(=O)Cc2ccccc2)=CC1. The van der Waals surface area contributed by atoms with Gasteiger partial charge in [-0.05, 0) is 24.6 Å². The Morgan fingerprint density at radius 1 is 1.23 bits per heavy atom. The van der Waals surface area contributed by atoms with Crippen LogP contribution in [-0.2, 0) is 20.5 Å². The summed E-state index contributed by atoms with van der Waals surface area (Å²) in [6.07, 6.45) is 9.43. The van der Waals surface area contributed by atoms with Gasteiger partial charge in [-0.1, -0.05) is 36.4 Å². The van der Waals surface area contributed by atoms with Crippen molar-refractivity contribution >= 4 is 15.7 Å². The molecule has 1 heterocycles. The normalized spacial score (nSPS) is 14.8. The molecule has 1 aliphatic rings. The molecular formula is C19H21N3O3S. The Morgan fingerprint density at radius 2 is 2.00 bits per heavy atom. The van der Waals surface area contributed by atoms with Gasteiger partial charge in [-0.2, -0.15) is 0 Å². The standard InChI is InChI=1S/C19H21N3O3S/c1-15-12-22(14-20-15)18-10-8-17(9-11-19(18)25-2)21-26(23,24)13-16-6-4-3-5-7-16/h3-10,12,14,21H,11,13H2,1-2H3. The lowest BCUT2D eigenvalue weighted by Crippen LogP contribution is -2.23. The highest BCUT2D eigenvalue weighted by atomic mass is 32.2. The average molecular weight is 371 g/mol. The van der Waals surface area contributed by atoms with E-state index in [0.29, 0.717) is 12.1 Å². The van der Waals surface area contributed by atoms with Gasteiger partial charge in [0.15, 0.2) is 0 Å². The number of nitrogens with zero attached hydrogens (tertiary/aromatic N) is 2. The summed E-state index contributed by atoms with van der Waals surface area (Å²) in [6, 6.07) is 9.09. The predicted molar refractivity (Wildman–Crippen MR) is 101 cm³/mol. The first kappa shape index (κ1) is 18.0. The number of sulfonamides is 1. The Morgan fingerprint density at radius 3 is 2.65 bits per heavy atom. The van der Waals surface area contributed by atoms with Crippen LogP contribution in [0.5, 0.6) is 0 Å². The molecule has 0 unspecified atom stereocenters. The van der Waals surface area contributed by atoms with Crippen molar-refractivity contribution in [2.45, 2.75) is 19.1 Å². The molecule has 0 atom stereocenters. The lowest BCUT2D eigenvalue weighted by atomic mass is 10.2. The van der Waals surface area contributed by atoms with Crippen LogP contribution in [0.2, 0.25) is 0 Å². The molecule has 1 aromatic carbocycles. The minimum Gasteiger partial charge on any atom is -0.499 e. The fourth-order valence-corrected chi connectivity index (χ4v) is 3.91. The highest BCUT2D eigenvalue weighted by molar-refractivity contribution is 7.88. The van der Waals surface area contributed by atoms with E-state index in [1.165, 1.54) is 0 Å². The molecular weight excluding hydrogens is 350 g/mol. The molecule has 0 saturated heterocycles. The van der Waals surface area contributed by atoms with Gasteiger partial charge < -0.3 is 9.30 Å². The first-order valence-electron chi connectivity index (χ1n) is 8.17. The molecule has 0 radical (unpaired) electrons. The summed E-state index contributed by atoms with van der Waals surface area (Å²) in [7, 11) is -1.90. The van der Waals surface area contributed by atoms with E-state index in [-0.39, 0.29) is 5.75 Å². The maximum Gasteiger partial charge on any atom is 0.236 e. The van der Waals surface area contributed by atoms with E-state index in [1.807, 2.05) is 42.0 Å². The van der Waals surface area contributed by atoms with Crippen LogP contribution >= 0.6 is 0 Å². The van der Waals surface area contributed by atoms with E-state index >= 15 is 0 Å². The molecule has 0 amide bonds. The summed E-state index contributed by atoms with van der Waals surface area (Å²) in [5.41, 5.74) is 2.97. The second kappa shape index (κ2) is 7.61. The summed E-state index contributed by atoms with van der Waals surface area (Å²) in [4.78, 5) is 4.23. The summed E-state index contributed by atoms with van der Waals surface area (Å²) < 4.78 is 34.9. The van der Waals surface area contributed by atoms with Crippen LogP contribution < -0.4 is 4.72 Å². The van der Waals surface area contributed by atoms with Crippen LogP contribution in [0.1, 0.15) is 17.7 Å². The van der Waals surface area contributed by atoms with Crippen molar-refractivity contribution in [3.05, 3.63) is 83.8 Å². The number of imidazole rings is 1. The van der Waals surface area contributed by atoms with Crippen LogP contribution in [0.4, 0.5) is 0 Å². The number of allylic oxidation sites excluding steroid dienone is 4. The summed E-state index contributed by atoms with van der Waals surface area (Å²) >= 11 is 0. The first-order chi connectivity index (χ1) is 12.5. The van der Waals surface area contributed by atoms with Gasteiger partial charge in [0.2, 0.25) is 10.0 Å². The third-order valence-electron chi connectivity index (χ3n) is 3.92.